The molecule has 140 valence electrons. The summed E-state index contributed by atoms with van der Waals surface area (Å²) in [5.41, 5.74) is -7.83. The van der Waals surface area contributed by atoms with E-state index in [1.54, 1.807) is 0 Å². The molecule has 0 fully saturated rings. The SMILES string of the molecule is CC(CO)(CO)C(=O)Oc1cccc(C(=O)NS(=O)(=O)C(F)(F)F)c1. The Morgan fingerprint density at radius 3 is 2.24 bits per heavy atom. The second-order valence-corrected chi connectivity index (χ2v) is 6.85. The van der Waals surface area contributed by atoms with Crippen molar-refractivity contribution in [3.8, 4) is 5.75 Å². The van der Waals surface area contributed by atoms with Crippen molar-refractivity contribution in [3.05, 3.63) is 29.8 Å². The van der Waals surface area contributed by atoms with Gasteiger partial charge in [0.15, 0.2) is 0 Å². The Hall–Kier alpha value is -2.18. The van der Waals surface area contributed by atoms with Gasteiger partial charge in [-0.05, 0) is 25.1 Å². The molecule has 1 aromatic carbocycles. The third-order valence-electron chi connectivity index (χ3n) is 3.03. The molecule has 0 bridgehead atoms. The molecule has 0 saturated heterocycles. The zero-order chi connectivity index (χ0) is 19.5. The van der Waals surface area contributed by atoms with Crippen molar-refractivity contribution < 1.29 is 46.1 Å². The van der Waals surface area contributed by atoms with Crippen LogP contribution in [0.3, 0.4) is 0 Å². The number of carbonyl (C=O) groups excluding carboxylic acids is 2. The highest BCUT2D eigenvalue weighted by Crippen LogP contribution is 2.23. The van der Waals surface area contributed by atoms with Gasteiger partial charge in [-0.2, -0.15) is 21.6 Å². The number of aliphatic hydroxyl groups excluding tert-OH is 2. The number of hydrogen-bond acceptors (Lipinski definition) is 7. The molecule has 1 amide bonds. The maximum absolute atomic E-state index is 12.3. The minimum Gasteiger partial charge on any atom is -0.426 e. The van der Waals surface area contributed by atoms with E-state index < -0.39 is 51.6 Å². The van der Waals surface area contributed by atoms with Gasteiger partial charge in [-0.3, -0.25) is 9.59 Å². The average Bonchev–Trinajstić information content (AvgIpc) is 2.52. The maximum Gasteiger partial charge on any atom is 0.516 e. The molecule has 0 saturated carbocycles. The number of rotatable bonds is 6. The zero-order valence-electron chi connectivity index (χ0n) is 12.7. The molecule has 0 aliphatic carbocycles. The number of carbonyl (C=O) groups is 2. The van der Waals surface area contributed by atoms with Crippen molar-refractivity contribution in [1.29, 1.82) is 0 Å². The van der Waals surface area contributed by atoms with Crippen LogP contribution >= 0.6 is 0 Å². The number of nitrogens with one attached hydrogen (secondary N) is 1. The molecular formula is C13H14F3NO7S. The van der Waals surface area contributed by atoms with Crippen molar-refractivity contribution in [2.45, 2.75) is 12.4 Å². The molecule has 0 radical (unpaired) electrons. The van der Waals surface area contributed by atoms with Gasteiger partial charge in [0.2, 0.25) is 0 Å². The topological polar surface area (TPSA) is 130 Å². The van der Waals surface area contributed by atoms with E-state index in [0.717, 1.165) is 22.9 Å². The van der Waals surface area contributed by atoms with Gasteiger partial charge in [0, 0.05) is 5.56 Å². The zero-order valence-corrected chi connectivity index (χ0v) is 13.5. The lowest BCUT2D eigenvalue weighted by atomic mass is 9.93. The number of aliphatic hydroxyl groups is 2. The van der Waals surface area contributed by atoms with E-state index in [-0.39, 0.29) is 5.75 Å². The van der Waals surface area contributed by atoms with Crippen LogP contribution in [-0.4, -0.2) is 49.2 Å². The van der Waals surface area contributed by atoms with E-state index in [9.17, 15) is 31.2 Å². The summed E-state index contributed by atoms with van der Waals surface area (Å²) in [6, 6.07) is 4.12. The number of ether oxygens (including phenoxy) is 1. The second-order valence-electron chi connectivity index (χ2n) is 5.17. The molecule has 0 aromatic heterocycles. The lowest BCUT2D eigenvalue weighted by molar-refractivity contribution is -0.149. The molecular weight excluding hydrogens is 371 g/mol. The lowest BCUT2D eigenvalue weighted by Crippen LogP contribution is -2.40. The summed E-state index contributed by atoms with van der Waals surface area (Å²) in [6.07, 6.45) is 0. The highest BCUT2D eigenvalue weighted by Gasteiger charge is 2.47. The monoisotopic (exact) mass is 385 g/mol. The Bertz CT molecular complexity index is 757. The van der Waals surface area contributed by atoms with Gasteiger partial charge in [0.05, 0.1) is 13.2 Å². The number of sulfonamides is 1. The highest BCUT2D eigenvalue weighted by molar-refractivity contribution is 7.90. The van der Waals surface area contributed by atoms with E-state index in [1.807, 2.05) is 0 Å². The van der Waals surface area contributed by atoms with Crippen LogP contribution in [0.1, 0.15) is 17.3 Å². The molecule has 12 heteroatoms. The van der Waals surface area contributed by atoms with Crippen LogP contribution in [-0.2, 0) is 14.8 Å². The lowest BCUT2D eigenvalue weighted by Gasteiger charge is -2.22. The van der Waals surface area contributed by atoms with Crippen LogP contribution in [0.25, 0.3) is 0 Å². The number of hydrogen-bond donors (Lipinski definition) is 3. The van der Waals surface area contributed by atoms with Crippen LogP contribution in [0.5, 0.6) is 5.75 Å². The summed E-state index contributed by atoms with van der Waals surface area (Å²) in [5.74, 6) is -2.93. The molecule has 8 nitrogen and oxygen atoms in total. The van der Waals surface area contributed by atoms with Gasteiger partial charge < -0.3 is 14.9 Å². The van der Waals surface area contributed by atoms with Crippen LogP contribution in [0.4, 0.5) is 13.2 Å². The summed E-state index contributed by atoms with van der Waals surface area (Å²) in [5, 5.41) is 18.2. The summed E-state index contributed by atoms with van der Waals surface area (Å²) in [4.78, 5) is 23.5. The van der Waals surface area contributed by atoms with Crippen molar-refractivity contribution in [3.63, 3.8) is 0 Å². The van der Waals surface area contributed by atoms with Gasteiger partial charge in [0.1, 0.15) is 11.2 Å². The molecule has 1 aromatic rings. The number of alkyl halides is 3. The molecule has 25 heavy (non-hydrogen) atoms. The fourth-order valence-electron chi connectivity index (χ4n) is 1.35. The summed E-state index contributed by atoms with van der Waals surface area (Å²) >= 11 is 0. The smallest absolute Gasteiger partial charge is 0.426 e. The van der Waals surface area contributed by atoms with E-state index in [2.05, 4.69) is 0 Å². The standard InChI is InChI=1S/C13H14F3NO7S/c1-12(6-18,7-19)11(21)24-9-4-2-3-8(5-9)10(20)17-25(22,23)13(14,15)16/h2-5,18-19H,6-7H2,1H3,(H,17,20). The molecule has 1 rings (SSSR count). The first-order chi connectivity index (χ1) is 11.4. The molecule has 0 aliphatic rings. The third-order valence-corrected chi connectivity index (χ3v) is 4.09. The maximum atomic E-state index is 12.3. The molecule has 0 aliphatic heterocycles. The minimum absolute atomic E-state index is 0.296. The minimum atomic E-state index is -5.89. The average molecular weight is 385 g/mol. The van der Waals surface area contributed by atoms with Crippen molar-refractivity contribution in [2.75, 3.05) is 13.2 Å². The quantitative estimate of drug-likeness (QED) is 0.470. The highest BCUT2D eigenvalue weighted by atomic mass is 32.2. The van der Waals surface area contributed by atoms with Crippen LogP contribution in [0, 0.1) is 5.41 Å². The van der Waals surface area contributed by atoms with E-state index >= 15 is 0 Å². The molecule has 0 spiro atoms. The first kappa shape index (κ1) is 20.9. The van der Waals surface area contributed by atoms with Crippen molar-refractivity contribution in [1.82, 2.24) is 4.72 Å². The van der Waals surface area contributed by atoms with E-state index in [1.165, 1.54) is 13.0 Å². The fraction of sp³-hybridized carbons (Fsp3) is 0.385. The Balaban J connectivity index is 2.99. The van der Waals surface area contributed by atoms with Crippen molar-refractivity contribution in [2.24, 2.45) is 5.41 Å². The number of halogens is 3. The first-order valence-corrected chi connectivity index (χ1v) is 8.02. The Labute approximate surface area is 140 Å². The molecule has 0 unspecified atom stereocenters. The van der Waals surface area contributed by atoms with Crippen LogP contribution in [0.15, 0.2) is 24.3 Å². The number of benzene rings is 1. The van der Waals surface area contributed by atoms with Crippen molar-refractivity contribution >= 4 is 21.9 Å². The Morgan fingerprint density at radius 2 is 1.76 bits per heavy atom. The third kappa shape index (κ3) is 4.90. The summed E-state index contributed by atoms with van der Waals surface area (Å²) < 4.78 is 64.2. The predicted octanol–water partition coefficient (Wildman–Crippen LogP) is 0.162. The Morgan fingerprint density at radius 1 is 1.20 bits per heavy atom. The largest absolute Gasteiger partial charge is 0.516 e. The first-order valence-electron chi connectivity index (χ1n) is 6.54. The van der Waals surface area contributed by atoms with Gasteiger partial charge in [-0.15, -0.1) is 0 Å². The number of esters is 1. The normalized spacial score (nSPS) is 12.6. The summed E-state index contributed by atoms with van der Waals surface area (Å²) in [7, 11) is -5.89. The fourth-order valence-corrected chi connectivity index (χ4v) is 1.83. The number of amides is 1. The van der Waals surface area contributed by atoms with Gasteiger partial charge in [0.25, 0.3) is 5.91 Å². The van der Waals surface area contributed by atoms with E-state index in [4.69, 9.17) is 14.9 Å². The van der Waals surface area contributed by atoms with Gasteiger partial charge in [-0.25, -0.2) is 4.72 Å². The molecule has 0 heterocycles. The van der Waals surface area contributed by atoms with Crippen LogP contribution < -0.4 is 9.46 Å². The van der Waals surface area contributed by atoms with E-state index in [0.29, 0.717) is 0 Å². The molecule has 3 N–H and O–H groups in total. The second kappa shape index (κ2) is 7.37. The molecule has 0 atom stereocenters. The van der Waals surface area contributed by atoms with Gasteiger partial charge in [-0.1, -0.05) is 6.07 Å². The van der Waals surface area contributed by atoms with Crippen LogP contribution in [0.2, 0.25) is 0 Å². The summed E-state index contributed by atoms with van der Waals surface area (Å²) in [6.45, 7) is -0.291. The predicted molar refractivity (Wildman–Crippen MR) is 76.8 cm³/mol. The van der Waals surface area contributed by atoms with Gasteiger partial charge >= 0.3 is 21.5 Å². The Kier molecular flexibility index (Phi) is 6.15.